The molecule has 0 atom stereocenters. The molecule has 2 aromatic heterocycles. The van der Waals surface area contributed by atoms with Crippen molar-refractivity contribution >= 4 is 11.6 Å². The molecule has 8 heteroatoms. The van der Waals surface area contributed by atoms with E-state index >= 15 is 0 Å². The summed E-state index contributed by atoms with van der Waals surface area (Å²) in [5.41, 5.74) is 10.3. The van der Waals surface area contributed by atoms with Crippen LogP contribution < -0.4 is 16.6 Å². The summed E-state index contributed by atoms with van der Waals surface area (Å²) >= 11 is 0. The van der Waals surface area contributed by atoms with Crippen LogP contribution in [0.5, 0.6) is 0 Å². The fourth-order valence-electron chi connectivity index (χ4n) is 4.72. The first-order valence-electron chi connectivity index (χ1n) is 12.8. The Hall–Kier alpha value is -4.04. The number of nitrogens with one attached hydrogen (secondary N) is 1. The molecule has 0 bridgehead atoms. The Morgan fingerprint density at radius 2 is 1.59 bits per heavy atom. The van der Waals surface area contributed by atoms with Gasteiger partial charge in [-0.3, -0.25) is 9.69 Å². The number of nitrogen functional groups attached to an aromatic ring is 1. The zero-order valence-electron chi connectivity index (χ0n) is 21.3. The van der Waals surface area contributed by atoms with E-state index in [-0.39, 0.29) is 17.6 Å². The van der Waals surface area contributed by atoms with Crippen molar-refractivity contribution in [3.05, 3.63) is 88.7 Å². The van der Waals surface area contributed by atoms with Gasteiger partial charge in [0.05, 0.1) is 6.04 Å². The van der Waals surface area contributed by atoms with E-state index in [1.54, 1.807) is 6.07 Å². The summed E-state index contributed by atoms with van der Waals surface area (Å²) in [4.78, 5) is 24.5. The molecule has 3 N–H and O–H groups in total. The molecule has 1 aliphatic rings. The maximum atomic E-state index is 12.4. The van der Waals surface area contributed by atoms with Gasteiger partial charge in [-0.1, -0.05) is 60.7 Å². The molecule has 4 aromatic rings. The molecular weight excluding hydrogens is 462 g/mol. The molecule has 37 heavy (non-hydrogen) atoms. The van der Waals surface area contributed by atoms with Gasteiger partial charge in [0.15, 0.2) is 11.6 Å². The highest BCUT2D eigenvalue weighted by atomic mass is 16.1. The van der Waals surface area contributed by atoms with E-state index in [0.29, 0.717) is 28.7 Å². The van der Waals surface area contributed by atoms with Crippen LogP contribution in [-0.4, -0.2) is 43.8 Å². The lowest BCUT2D eigenvalue weighted by Crippen LogP contribution is -2.39. The quantitative estimate of drug-likeness (QED) is 0.386. The van der Waals surface area contributed by atoms with Crippen LogP contribution in [-0.2, 0) is 6.54 Å². The molecule has 0 saturated carbocycles. The lowest BCUT2D eigenvalue weighted by atomic mass is 10.0. The molecule has 0 spiro atoms. The number of benzene rings is 2. The lowest BCUT2D eigenvalue weighted by molar-refractivity contribution is 0.211. The molecule has 1 fully saturated rings. The summed E-state index contributed by atoms with van der Waals surface area (Å²) in [7, 11) is 0. The van der Waals surface area contributed by atoms with Gasteiger partial charge in [-0.25, -0.2) is 14.6 Å². The van der Waals surface area contributed by atoms with Crippen molar-refractivity contribution in [2.75, 3.05) is 24.1 Å². The highest BCUT2D eigenvalue weighted by molar-refractivity contribution is 5.79. The van der Waals surface area contributed by atoms with E-state index in [4.69, 9.17) is 15.7 Å². The van der Waals surface area contributed by atoms with Crippen LogP contribution in [0.2, 0.25) is 0 Å². The third-order valence-corrected chi connectivity index (χ3v) is 6.70. The molecule has 8 nitrogen and oxygen atoms in total. The molecule has 5 rings (SSSR count). The predicted octanol–water partition coefficient (Wildman–Crippen LogP) is 4.61. The normalized spacial score (nSPS) is 14.7. The van der Waals surface area contributed by atoms with Crippen molar-refractivity contribution in [2.45, 2.75) is 45.3 Å². The van der Waals surface area contributed by atoms with E-state index in [9.17, 15) is 4.79 Å². The minimum atomic E-state index is -0.149. The fraction of sp³-hybridized carbons (Fsp3) is 0.310. The van der Waals surface area contributed by atoms with Crippen molar-refractivity contribution in [1.82, 2.24) is 24.6 Å². The number of nitrogens with zero attached hydrogens (tertiary/aromatic N) is 5. The average Bonchev–Trinajstić information content (AvgIpc) is 2.92. The van der Waals surface area contributed by atoms with E-state index in [1.165, 1.54) is 16.3 Å². The highest BCUT2D eigenvalue weighted by Gasteiger charge is 2.23. The van der Waals surface area contributed by atoms with Gasteiger partial charge in [0, 0.05) is 37.3 Å². The van der Waals surface area contributed by atoms with E-state index in [2.05, 4.69) is 45.6 Å². The Kier molecular flexibility index (Phi) is 7.28. The van der Waals surface area contributed by atoms with Crippen molar-refractivity contribution in [1.29, 1.82) is 0 Å². The summed E-state index contributed by atoms with van der Waals surface area (Å²) in [5, 5.41) is 8.17. The topological polar surface area (TPSA) is 102 Å². The van der Waals surface area contributed by atoms with Gasteiger partial charge < -0.3 is 11.1 Å². The van der Waals surface area contributed by atoms with Crippen LogP contribution in [0.25, 0.3) is 22.6 Å². The first-order valence-corrected chi connectivity index (χ1v) is 12.8. The second-order valence-electron chi connectivity index (χ2n) is 9.80. The Labute approximate surface area is 217 Å². The maximum Gasteiger partial charge on any atom is 0.267 e. The summed E-state index contributed by atoms with van der Waals surface area (Å²) < 4.78 is 1.47. The van der Waals surface area contributed by atoms with Crippen LogP contribution in [0.1, 0.15) is 38.3 Å². The van der Waals surface area contributed by atoms with E-state index in [1.807, 2.05) is 44.2 Å². The first-order chi connectivity index (χ1) is 18.0. The summed E-state index contributed by atoms with van der Waals surface area (Å²) in [6.45, 7) is 6.82. The summed E-state index contributed by atoms with van der Waals surface area (Å²) in [6, 6.07) is 23.8. The molecule has 3 heterocycles. The average molecular weight is 496 g/mol. The fourth-order valence-corrected chi connectivity index (χ4v) is 4.72. The highest BCUT2D eigenvalue weighted by Crippen LogP contribution is 2.32. The van der Waals surface area contributed by atoms with Gasteiger partial charge in [-0.15, -0.1) is 0 Å². The molecule has 190 valence electrons. The number of hydrogen-bond acceptors (Lipinski definition) is 7. The molecule has 0 radical (unpaired) electrons. The van der Waals surface area contributed by atoms with Gasteiger partial charge in [0.2, 0.25) is 0 Å². The molecule has 1 aliphatic heterocycles. The molecular formula is C29H33N7O. The Morgan fingerprint density at radius 3 is 2.27 bits per heavy atom. The first kappa shape index (κ1) is 24.6. The monoisotopic (exact) mass is 495 g/mol. The largest absolute Gasteiger partial charge is 0.381 e. The van der Waals surface area contributed by atoms with Crippen molar-refractivity contribution in [3.8, 4) is 22.6 Å². The number of nitrogens with two attached hydrogens (primary N) is 1. The second-order valence-corrected chi connectivity index (χ2v) is 9.80. The maximum absolute atomic E-state index is 12.4. The number of piperidine rings is 1. The lowest BCUT2D eigenvalue weighted by Gasteiger charge is -2.32. The Morgan fingerprint density at radius 1 is 0.919 bits per heavy atom. The van der Waals surface area contributed by atoms with Gasteiger partial charge in [-0.2, -0.15) is 5.10 Å². The minimum Gasteiger partial charge on any atom is -0.381 e. The Bertz CT molecular complexity index is 1400. The molecule has 1 saturated heterocycles. The SMILES string of the molecule is CC(C)n1nc(-c2nc(NC3CCN(Cc4ccccc4)CC3)c(N)nc2-c2ccccc2)ccc1=O. The van der Waals surface area contributed by atoms with Crippen LogP contribution in [0, 0.1) is 0 Å². The number of likely N-dealkylation sites (tertiary alicyclic amines) is 1. The smallest absolute Gasteiger partial charge is 0.267 e. The van der Waals surface area contributed by atoms with Crippen LogP contribution in [0.15, 0.2) is 77.6 Å². The minimum absolute atomic E-state index is 0.0759. The molecule has 0 amide bonds. The van der Waals surface area contributed by atoms with Gasteiger partial charge in [-0.05, 0) is 38.3 Å². The zero-order valence-corrected chi connectivity index (χ0v) is 21.3. The summed E-state index contributed by atoms with van der Waals surface area (Å²) in [5.74, 6) is 0.909. The predicted molar refractivity (Wildman–Crippen MR) is 148 cm³/mol. The summed E-state index contributed by atoms with van der Waals surface area (Å²) in [6.07, 6.45) is 1.97. The van der Waals surface area contributed by atoms with E-state index in [0.717, 1.165) is 38.0 Å². The standard InChI is InChI=1S/C29H33N7O/c1-20(2)36-25(37)14-13-24(34-36)27-26(22-11-7-4-8-12-22)32-28(30)29(33-27)31-23-15-17-35(18-16-23)19-21-9-5-3-6-10-21/h3-14,20,23H,15-19H2,1-2H3,(H2,30,32)(H,31,33). The third kappa shape index (κ3) is 5.70. The van der Waals surface area contributed by atoms with E-state index < -0.39 is 0 Å². The van der Waals surface area contributed by atoms with Crippen molar-refractivity contribution < 1.29 is 0 Å². The molecule has 0 aliphatic carbocycles. The Balaban J connectivity index is 1.41. The third-order valence-electron chi connectivity index (χ3n) is 6.70. The van der Waals surface area contributed by atoms with Gasteiger partial charge in [0.1, 0.15) is 17.1 Å². The number of anilines is 2. The number of aromatic nitrogens is 4. The van der Waals surface area contributed by atoms with Crippen LogP contribution >= 0.6 is 0 Å². The van der Waals surface area contributed by atoms with Crippen LogP contribution in [0.4, 0.5) is 11.6 Å². The number of rotatable bonds is 7. The molecule has 0 unspecified atom stereocenters. The van der Waals surface area contributed by atoms with Gasteiger partial charge >= 0.3 is 0 Å². The number of hydrogen-bond donors (Lipinski definition) is 2. The van der Waals surface area contributed by atoms with Gasteiger partial charge in [0.25, 0.3) is 5.56 Å². The molecule has 2 aromatic carbocycles. The zero-order chi connectivity index (χ0) is 25.8. The van der Waals surface area contributed by atoms with Crippen molar-refractivity contribution in [3.63, 3.8) is 0 Å². The van der Waals surface area contributed by atoms with Crippen LogP contribution in [0.3, 0.4) is 0 Å². The van der Waals surface area contributed by atoms with Crippen molar-refractivity contribution in [2.24, 2.45) is 0 Å². The second kappa shape index (κ2) is 10.9.